The Balaban J connectivity index is 1.95. The molecule has 4 heteroatoms. The van der Waals surface area contributed by atoms with E-state index in [0.29, 0.717) is 19.4 Å². The summed E-state index contributed by atoms with van der Waals surface area (Å²) >= 11 is 0. The normalized spacial score (nSPS) is 30.0. The van der Waals surface area contributed by atoms with E-state index in [1.54, 1.807) is 0 Å². The lowest BCUT2D eigenvalue weighted by Crippen LogP contribution is -2.44. The molecule has 4 nitrogen and oxygen atoms in total. The second kappa shape index (κ2) is 6.32. The third kappa shape index (κ3) is 2.77. The maximum Gasteiger partial charge on any atom is 0.322 e. The molecule has 0 amide bonds. The van der Waals surface area contributed by atoms with E-state index in [1.165, 1.54) is 0 Å². The number of carbonyl (C=O) groups is 2. The number of rotatable bonds is 3. The van der Waals surface area contributed by atoms with Gasteiger partial charge in [0, 0.05) is 13.0 Å². The van der Waals surface area contributed by atoms with Crippen LogP contribution in [-0.4, -0.2) is 30.1 Å². The van der Waals surface area contributed by atoms with Gasteiger partial charge in [0.1, 0.15) is 5.92 Å². The second-order valence-electron chi connectivity index (χ2n) is 7.20. The van der Waals surface area contributed by atoms with Crippen molar-refractivity contribution < 1.29 is 19.1 Å². The lowest BCUT2D eigenvalue weighted by atomic mass is 9.75. The smallest absolute Gasteiger partial charge is 0.322 e. The van der Waals surface area contributed by atoms with Crippen LogP contribution in [0, 0.1) is 20.8 Å². The monoisotopic (exact) mass is 330 g/mol. The molecule has 24 heavy (non-hydrogen) atoms. The SMILES string of the molecule is CCOC1CCCC2(C1)OC(=O)C(c1c(C)cc(C)cc1C)C2=O. The van der Waals surface area contributed by atoms with Gasteiger partial charge >= 0.3 is 5.97 Å². The molecule has 1 spiro atoms. The highest BCUT2D eigenvalue weighted by molar-refractivity contribution is 6.14. The summed E-state index contributed by atoms with van der Waals surface area (Å²) < 4.78 is 11.4. The van der Waals surface area contributed by atoms with Crippen molar-refractivity contribution in [2.24, 2.45) is 0 Å². The van der Waals surface area contributed by atoms with Gasteiger partial charge in [-0.25, -0.2) is 0 Å². The first kappa shape index (κ1) is 17.2. The predicted molar refractivity (Wildman–Crippen MR) is 91.1 cm³/mol. The Labute approximate surface area is 143 Å². The summed E-state index contributed by atoms with van der Waals surface area (Å²) in [6, 6.07) is 4.05. The van der Waals surface area contributed by atoms with Crippen molar-refractivity contribution in [2.45, 2.75) is 71.0 Å². The zero-order chi connectivity index (χ0) is 17.5. The number of hydrogen-bond acceptors (Lipinski definition) is 4. The third-order valence-corrected chi connectivity index (χ3v) is 5.34. The van der Waals surface area contributed by atoms with Crippen molar-refractivity contribution in [2.75, 3.05) is 6.61 Å². The van der Waals surface area contributed by atoms with Gasteiger partial charge in [-0.1, -0.05) is 17.7 Å². The summed E-state index contributed by atoms with van der Waals surface area (Å²) in [6.45, 7) is 8.51. The minimum atomic E-state index is -0.983. The van der Waals surface area contributed by atoms with Gasteiger partial charge in [0.25, 0.3) is 0 Å². The molecule has 0 bridgehead atoms. The van der Waals surface area contributed by atoms with Crippen LogP contribution >= 0.6 is 0 Å². The van der Waals surface area contributed by atoms with Crippen LogP contribution < -0.4 is 0 Å². The maximum atomic E-state index is 13.2. The van der Waals surface area contributed by atoms with Crippen LogP contribution in [0.1, 0.15) is 60.8 Å². The van der Waals surface area contributed by atoms with Crippen LogP contribution in [0.15, 0.2) is 12.1 Å². The van der Waals surface area contributed by atoms with Crippen molar-refractivity contribution in [3.8, 4) is 0 Å². The Hall–Kier alpha value is -1.68. The number of Topliss-reactive ketones (excluding diaryl/α,β-unsaturated/α-hetero) is 1. The van der Waals surface area contributed by atoms with Crippen molar-refractivity contribution in [3.05, 3.63) is 34.4 Å². The summed E-state index contributed by atoms with van der Waals surface area (Å²) in [5.41, 5.74) is 2.94. The minimum absolute atomic E-state index is 0.000498. The fourth-order valence-electron chi connectivity index (χ4n) is 4.45. The van der Waals surface area contributed by atoms with Gasteiger partial charge < -0.3 is 9.47 Å². The molecule has 2 fully saturated rings. The van der Waals surface area contributed by atoms with Gasteiger partial charge in [0.15, 0.2) is 11.4 Å². The molecule has 1 aromatic rings. The number of esters is 1. The van der Waals surface area contributed by atoms with Gasteiger partial charge in [-0.3, -0.25) is 9.59 Å². The molecule has 0 radical (unpaired) electrons. The zero-order valence-corrected chi connectivity index (χ0v) is 15.0. The number of hydrogen-bond donors (Lipinski definition) is 0. The molecular weight excluding hydrogens is 304 g/mol. The summed E-state index contributed by atoms with van der Waals surface area (Å²) in [5.74, 6) is -1.26. The van der Waals surface area contributed by atoms with E-state index in [4.69, 9.17) is 9.47 Å². The van der Waals surface area contributed by atoms with Crippen molar-refractivity contribution >= 4 is 11.8 Å². The van der Waals surface area contributed by atoms with Gasteiger partial charge in [-0.15, -0.1) is 0 Å². The van der Waals surface area contributed by atoms with Crippen LogP contribution in [0.5, 0.6) is 0 Å². The average molecular weight is 330 g/mol. The van der Waals surface area contributed by atoms with Gasteiger partial charge in [0.05, 0.1) is 6.10 Å². The summed E-state index contributed by atoms with van der Waals surface area (Å²) in [5, 5.41) is 0. The van der Waals surface area contributed by atoms with E-state index in [1.807, 2.05) is 39.8 Å². The molecule has 0 N–H and O–H groups in total. The highest BCUT2D eigenvalue weighted by Crippen LogP contribution is 2.45. The Morgan fingerprint density at radius 2 is 1.88 bits per heavy atom. The van der Waals surface area contributed by atoms with E-state index >= 15 is 0 Å². The van der Waals surface area contributed by atoms with Crippen LogP contribution in [0.4, 0.5) is 0 Å². The van der Waals surface area contributed by atoms with E-state index in [0.717, 1.165) is 35.1 Å². The average Bonchev–Trinajstić information content (AvgIpc) is 2.71. The maximum absolute atomic E-state index is 13.2. The Morgan fingerprint density at radius 3 is 2.50 bits per heavy atom. The largest absolute Gasteiger partial charge is 0.450 e. The van der Waals surface area contributed by atoms with Crippen LogP contribution in [0.2, 0.25) is 0 Å². The number of carbonyl (C=O) groups excluding carboxylic acids is 2. The Bertz CT molecular complexity index is 653. The number of ether oxygens (including phenoxy) is 2. The summed E-state index contributed by atoms with van der Waals surface area (Å²) in [7, 11) is 0. The standard InChI is InChI=1S/C20H26O4/c1-5-23-15-7-6-8-20(11-15)18(21)17(19(22)24-20)16-13(3)9-12(2)10-14(16)4/h9-10,15,17H,5-8,11H2,1-4H3. The Kier molecular flexibility index (Phi) is 4.52. The lowest BCUT2D eigenvalue weighted by Gasteiger charge is -2.35. The molecule has 1 aliphatic carbocycles. The van der Waals surface area contributed by atoms with E-state index in [-0.39, 0.29) is 11.9 Å². The predicted octanol–water partition coefficient (Wildman–Crippen LogP) is 3.54. The van der Waals surface area contributed by atoms with E-state index < -0.39 is 17.5 Å². The first-order chi connectivity index (χ1) is 11.4. The highest BCUT2D eigenvalue weighted by Gasteiger charge is 2.57. The van der Waals surface area contributed by atoms with Gasteiger partial charge in [-0.05, 0) is 63.6 Å². The molecule has 1 saturated carbocycles. The topological polar surface area (TPSA) is 52.6 Å². The summed E-state index contributed by atoms with van der Waals surface area (Å²) in [4.78, 5) is 25.9. The molecule has 3 atom stereocenters. The fourth-order valence-corrected chi connectivity index (χ4v) is 4.45. The third-order valence-electron chi connectivity index (χ3n) is 5.34. The molecule has 2 aliphatic rings. The molecule has 3 rings (SSSR count). The van der Waals surface area contributed by atoms with Crippen LogP contribution in [0.3, 0.4) is 0 Å². The molecule has 3 unspecified atom stereocenters. The highest BCUT2D eigenvalue weighted by atomic mass is 16.6. The summed E-state index contributed by atoms with van der Waals surface area (Å²) in [6.07, 6.45) is 2.88. The quantitative estimate of drug-likeness (QED) is 0.628. The molecule has 1 saturated heterocycles. The number of aryl methyl sites for hydroxylation is 3. The first-order valence-electron chi connectivity index (χ1n) is 8.84. The van der Waals surface area contributed by atoms with Crippen molar-refractivity contribution in [1.29, 1.82) is 0 Å². The molecule has 1 heterocycles. The number of benzene rings is 1. The first-order valence-corrected chi connectivity index (χ1v) is 8.84. The van der Waals surface area contributed by atoms with Crippen LogP contribution in [-0.2, 0) is 19.1 Å². The molecule has 1 aliphatic heterocycles. The molecule has 1 aromatic carbocycles. The zero-order valence-electron chi connectivity index (χ0n) is 15.0. The van der Waals surface area contributed by atoms with E-state index in [9.17, 15) is 9.59 Å². The molecule has 130 valence electrons. The van der Waals surface area contributed by atoms with Gasteiger partial charge in [0.2, 0.25) is 0 Å². The lowest BCUT2D eigenvalue weighted by molar-refractivity contribution is -0.160. The van der Waals surface area contributed by atoms with Crippen molar-refractivity contribution in [3.63, 3.8) is 0 Å². The van der Waals surface area contributed by atoms with Gasteiger partial charge in [-0.2, -0.15) is 0 Å². The minimum Gasteiger partial charge on any atom is -0.450 e. The van der Waals surface area contributed by atoms with Crippen molar-refractivity contribution in [1.82, 2.24) is 0 Å². The van der Waals surface area contributed by atoms with Crippen LogP contribution in [0.25, 0.3) is 0 Å². The fraction of sp³-hybridized carbons (Fsp3) is 0.600. The number of ketones is 1. The molecule has 0 aromatic heterocycles. The second-order valence-corrected chi connectivity index (χ2v) is 7.20. The Morgan fingerprint density at radius 1 is 1.21 bits per heavy atom. The molecular formula is C20H26O4. The van der Waals surface area contributed by atoms with E-state index in [2.05, 4.69) is 0 Å².